The predicted octanol–water partition coefficient (Wildman–Crippen LogP) is 3.03. The minimum absolute atomic E-state index is 0.690. The lowest BCUT2D eigenvalue weighted by molar-refractivity contribution is 0.332. The van der Waals surface area contributed by atoms with E-state index in [1.54, 1.807) is 0 Å². The molecule has 2 aliphatic rings. The number of rotatable bonds is 6. The van der Waals surface area contributed by atoms with E-state index in [9.17, 15) is 0 Å². The number of hydrogen-bond acceptors (Lipinski definition) is 3. The maximum Gasteiger partial charge on any atom is 0.191 e. The van der Waals surface area contributed by atoms with Crippen molar-refractivity contribution in [3.8, 4) is 0 Å². The maximum atomic E-state index is 4.37. The first-order chi connectivity index (χ1) is 12.4. The summed E-state index contributed by atoms with van der Waals surface area (Å²) in [5.41, 5.74) is 0. The van der Waals surface area contributed by atoms with Crippen LogP contribution in [-0.4, -0.2) is 34.3 Å². The molecule has 0 atom stereocenters. The van der Waals surface area contributed by atoms with Crippen LogP contribution >= 0.6 is 0 Å². The van der Waals surface area contributed by atoms with Gasteiger partial charge < -0.3 is 15.2 Å². The Hall–Kier alpha value is -1.59. The third kappa shape index (κ3) is 5.44. The molecule has 0 radical (unpaired) electrons. The van der Waals surface area contributed by atoms with Gasteiger partial charge in [0.15, 0.2) is 11.8 Å². The van der Waals surface area contributed by atoms with Crippen LogP contribution in [0.1, 0.15) is 75.9 Å². The van der Waals surface area contributed by atoms with Gasteiger partial charge in [0.05, 0.1) is 6.54 Å². The number of guanidine groups is 1. The quantitative estimate of drug-likeness (QED) is 0.472. The van der Waals surface area contributed by atoms with Crippen molar-refractivity contribution in [2.24, 2.45) is 10.9 Å². The molecule has 0 amide bonds. The lowest BCUT2D eigenvalue weighted by Crippen LogP contribution is -2.38. The molecular weight excluding hydrogens is 312 g/mol. The van der Waals surface area contributed by atoms with Gasteiger partial charge in [-0.05, 0) is 31.6 Å². The van der Waals surface area contributed by atoms with E-state index < -0.39 is 0 Å². The van der Waals surface area contributed by atoms with Crippen LogP contribution in [0.25, 0.3) is 0 Å². The van der Waals surface area contributed by atoms with Crippen molar-refractivity contribution in [1.29, 1.82) is 0 Å². The van der Waals surface area contributed by atoms with Crippen LogP contribution in [0, 0.1) is 5.92 Å². The smallest absolute Gasteiger partial charge is 0.191 e. The summed E-state index contributed by atoms with van der Waals surface area (Å²) in [5, 5.41) is 15.6. The largest absolute Gasteiger partial charge is 0.356 e. The van der Waals surface area contributed by atoms with Crippen molar-refractivity contribution in [3.05, 3.63) is 11.6 Å². The van der Waals surface area contributed by atoms with Gasteiger partial charge in [-0.1, -0.05) is 38.5 Å². The molecule has 2 N–H and O–H groups in total. The number of nitrogens with one attached hydrogen (secondary N) is 2. The summed E-state index contributed by atoms with van der Waals surface area (Å²) in [6, 6.07) is 0. The zero-order valence-corrected chi connectivity index (χ0v) is 15.8. The molecule has 1 aliphatic carbocycles. The van der Waals surface area contributed by atoms with Crippen LogP contribution in [0.3, 0.4) is 0 Å². The molecule has 0 saturated heterocycles. The fraction of sp³-hybridized carbons (Fsp3) is 0.842. The van der Waals surface area contributed by atoms with E-state index in [4.69, 9.17) is 0 Å². The number of nitrogens with zero attached hydrogens (tertiary/aromatic N) is 4. The van der Waals surface area contributed by atoms with Crippen molar-refractivity contribution in [1.82, 2.24) is 25.4 Å². The van der Waals surface area contributed by atoms with E-state index in [-0.39, 0.29) is 0 Å². The van der Waals surface area contributed by atoms with Gasteiger partial charge in [0.25, 0.3) is 0 Å². The van der Waals surface area contributed by atoms with Crippen molar-refractivity contribution in [2.75, 3.05) is 13.6 Å². The third-order valence-corrected chi connectivity index (χ3v) is 5.63. The van der Waals surface area contributed by atoms with E-state index in [0.29, 0.717) is 6.54 Å². The van der Waals surface area contributed by atoms with Crippen molar-refractivity contribution >= 4 is 5.96 Å². The zero-order chi connectivity index (χ0) is 17.3. The summed E-state index contributed by atoms with van der Waals surface area (Å²) in [5.74, 6) is 4.00. The highest BCUT2D eigenvalue weighted by Gasteiger charge is 2.15. The van der Waals surface area contributed by atoms with E-state index in [1.165, 1.54) is 64.2 Å². The van der Waals surface area contributed by atoms with Crippen LogP contribution < -0.4 is 10.6 Å². The summed E-state index contributed by atoms with van der Waals surface area (Å²) < 4.78 is 2.29. The fourth-order valence-electron chi connectivity index (χ4n) is 4.13. The van der Waals surface area contributed by atoms with Crippen LogP contribution in [-0.2, 0) is 19.5 Å². The fourth-order valence-corrected chi connectivity index (χ4v) is 4.13. The van der Waals surface area contributed by atoms with E-state index in [0.717, 1.165) is 43.0 Å². The predicted molar refractivity (Wildman–Crippen MR) is 102 cm³/mol. The highest BCUT2D eigenvalue weighted by atomic mass is 15.3. The van der Waals surface area contributed by atoms with E-state index in [1.807, 2.05) is 7.05 Å². The van der Waals surface area contributed by atoms with Crippen molar-refractivity contribution in [2.45, 2.75) is 83.7 Å². The van der Waals surface area contributed by atoms with E-state index in [2.05, 4.69) is 30.4 Å². The van der Waals surface area contributed by atoms with Crippen LogP contribution in [0.15, 0.2) is 4.99 Å². The molecule has 0 unspecified atom stereocenters. The van der Waals surface area contributed by atoms with Crippen molar-refractivity contribution in [3.63, 3.8) is 0 Å². The van der Waals surface area contributed by atoms with Crippen LogP contribution in [0.5, 0.6) is 0 Å². The van der Waals surface area contributed by atoms with Gasteiger partial charge in [-0.3, -0.25) is 4.99 Å². The summed E-state index contributed by atoms with van der Waals surface area (Å²) in [7, 11) is 1.83. The second-order valence-corrected chi connectivity index (χ2v) is 7.49. The van der Waals surface area contributed by atoms with Crippen LogP contribution in [0.4, 0.5) is 0 Å². The summed E-state index contributed by atoms with van der Waals surface area (Å²) in [6.45, 7) is 2.73. The lowest BCUT2D eigenvalue weighted by Gasteiger charge is -2.21. The Bertz CT molecular complexity index is 544. The zero-order valence-electron chi connectivity index (χ0n) is 15.8. The average Bonchev–Trinajstić information content (AvgIpc) is 2.88. The Morgan fingerprint density at radius 1 is 1.08 bits per heavy atom. The third-order valence-electron chi connectivity index (χ3n) is 5.63. The number of aliphatic imine (C=N–C) groups is 1. The average molecular weight is 347 g/mol. The van der Waals surface area contributed by atoms with Crippen LogP contribution in [0.2, 0.25) is 0 Å². The molecule has 1 fully saturated rings. The molecular formula is C19H34N6. The molecule has 6 nitrogen and oxygen atoms in total. The summed E-state index contributed by atoms with van der Waals surface area (Å²) in [4.78, 5) is 4.34. The molecule has 1 saturated carbocycles. The van der Waals surface area contributed by atoms with E-state index >= 15 is 0 Å². The Kier molecular flexibility index (Phi) is 7.12. The first kappa shape index (κ1) is 18.2. The minimum Gasteiger partial charge on any atom is -0.356 e. The highest BCUT2D eigenvalue weighted by molar-refractivity contribution is 5.79. The SMILES string of the molecule is CN=C(NCCCC1CCCCC1)NCc1nnc2n1CCCCC2. The van der Waals surface area contributed by atoms with Crippen molar-refractivity contribution < 1.29 is 0 Å². The normalized spacial score (nSPS) is 19.3. The molecule has 1 aliphatic heterocycles. The standard InChI is InChI=1S/C19H34N6/c1-20-19(21-13-8-11-16-9-4-2-5-10-16)22-15-18-24-23-17-12-6-3-7-14-25(17)18/h16H,2-15H2,1H3,(H2,20,21,22). The first-order valence-electron chi connectivity index (χ1n) is 10.2. The molecule has 0 bridgehead atoms. The highest BCUT2D eigenvalue weighted by Crippen LogP contribution is 2.26. The summed E-state index contributed by atoms with van der Waals surface area (Å²) in [6.07, 6.45) is 14.6. The molecule has 2 heterocycles. The minimum atomic E-state index is 0.690. The summed E-state index contributed by atoms with van der Waals surface area (Å²) >= 11 is 0. The lowest BCUT2D eigenvalue weighted by atomic mass is 9.86. The van der Waals surface area contributed by atoms with Gasteiger partial charge >= 0.3 is 0 Å². The topological polar surface area (TPSA) is 67.1 Å². The van der Waals surface area contributed by atoms with Gasteiger partial charge in [-0.2, -0.15) is 0 Å². The Labute approximate surface area is 151 Å². The van der Waals surface area contributed by atoms with Gasteiger partial charge in [-0.25, -0.2) is 0 Å². The molecule has 6 heteroatoms. The van der Waals surface area contributed by atoms with Gasteiger partial charge in [0.2, 0.25) is 0 Å². The second kappa shape index (κ2) is 9.78. The first-order valence-corrected chi connectivity index (χ1v) is 10.2. The monoisotopic (exact) mass is 346 g/mol. The number of fused-ring (bicyclic) bond motifs is 1. The molecule has 25 heavy (non-hydrogen) atoms. The molecule has 0 spiro atoms. The Balaban J connectivity index is 1.38. The molecule has 3 rings (SSSR count). The Morgan fingerprint density at radius 3 is 2.76 bits per heavy atom. The molecule has 1 aromatic rings. The van der Waals surface area contributed by atoms with Gasteiger partial charge in [0.1, 0.15) is 5.82 Å². The number of hydrogen-bond donors (Lipinski definition) is 2. The molecule has 140 valence electrons. The second-order valence-electron chi connectivity index (χ2n) is 7.49. The molecule has 0 aromatic carbocycles. The van der Waals surface area contributed by atoms with Gasteiger partial charge in [-0.15, -0.1) is 10.2 Å². The number of aryl methyl sites for hydroxylation is 1. The Morgan fingerprint density at radius 2 is 1.92 bits per heavy atom. The molecule has 1 aromatic heterocycles. The van der Waals surface area contributed by atoms with Gasteiger partial charge in [0, 0.05) is 26.6 Å². The maximum absolute atomic E-state index is 4.37. The number of aromatic nitrogens is 3.